The van der Waals surface area contributed by atoms with Crippen molar-refractivity contribution in [2.24, 2.45) is 0 Å². The Morgan fingerprint density at radius 1 is 1.36 bits per heavy atom. The Hall–Kier alpha value is -1.42. The van der Waals surface area contributed by atoms with Crippen molar-refractivity contribution in [2.45, 2.75) is 12.3 Å². The molecule has 0 bridgehead atoms. The Kier molecular flexibility index (Phi) is 1.73. The van der Waals surface area contributed by atoms with E-state index in [-0.39, 0.29) is 0 Å². The van der Waals surface area contributed by atoms with E-state index in [2.05, 4.69) is 25.8 Å². The van der Waals surface area contributed by atoms with Gasteiger partial charge in [-0.15, -0.1) is 0 Å². The molecule has 1 atom stereocenters. The summed E-state index contributed by atoms with van der Waals surface area (Å²) >= 11 is 0. The van der Waals surface area contributed by atoms with Gasteiger partial charge in [0.2, 0.25) is 5.78 Å². The predicted molar refractivity (Wildman–Crippen MR) is 53.2 cm³/mol. The molecular weight excluding hydrogens is 176 g/mol. The van der Waals surface area contributed by atoms with Crippen LogP contribution >= 0.6 is 0 Å². The molecule has 14 heavy (non-hydrogen) atoms. The van der Waals surface area contributed by atoms with Gasteiger partial charge in [0, 0.05) is 36.7 Å². The number of aromatic nitrogens is 3. The molecule has 1 saturated heterocycles. The monoisotopic (exact) mass is 188 g/mol. The molecule has 1 fully saturated rings. The molecule has 1 aliphatic heterocycles. The lowest BCUT2D eigenvalue weighted by molar-refractivity contribution is 0.718. The average molecular weight is 188 g/mol. The summed E-state index contributed by atoms with van der Waals surface area (Å²) in [5.74, 6) is 1.41. The largest absolute Gasteiger partial charge is 0.316 e. The molecule has 3 rings (SSSR count). The Morgan fingerprint density at radius 3 is 3.14 bits per heavy atom. The van der Waals surface area contributed by atoms with E-state index in [1.165, 1.54) is 12.1 Å². The molecular formula is C10H12N4. The van der Waals surface area contributed by atoms with Gasteiger partial charge in [-0.2, -0.15) is 0 Å². The molecule has 2 aromatic rings. The van der Waals surface area contributed by atoms with E-state index in [0.717, 1.165) is 18.9 Å². The second kappa shape index (κ2) is 3.06. The topological polar surface area (TPSA) is 42.2 Å². The van der Waals surface area contributed by atoms with Crippen molar-refractivity contribution < 1.29 is 0 Å². The summed E-state index contributed by atoms with van der Waals surface area (Å²) in [5, 5.41) is 3.37. The van der Waals surface area contributed by atoms with E-state index in [9.17, 15) is 0 Å². The van der Waals surface area contributed by atoms with Crippen molar-refractivity contribution in [3.63, 3.8) is 0 Å². The molecule has 0 spiro atoms. The van der Waals surface area contributed by atoms with Gasteiger partial charge in [-0.3, -0.25) is 4.40 Å². The maximum absolute atomic E-state index is 4.20. The molecule has 1 N–H and O–H groups in total. The summed E-state index contributed by atoms with van der Waals surface area (Å²) in [5.41, 5.74) is 1.32. The third-order valence-corrected chi connectivity index (χ3v) is 2.81. The molecule has 0 saturated carbocycles. The third kappa shape index (κ3) is 1.11. The van der Waals surface area contributed by atoms with Gasteiger partial charge in [-0.1, -0.05) is 0 Å². The average Bonchev–Trinajstić information content (AvgIpc) is 2.88. The standard InChI is InChI=1S/C10H12N4/c1-3-11-7-8(1)9-2-4-12-10-13-5-6-14(9)10/h2,4-6,8,11H,1,3,7H2. The van der Waals surface area contributed by atoms with Crippen molar-refractivity contribution >= 4 is 5.78 Å². The molecule has 0 aliphatic carbocycles. The Bertz CT molecular complexity index is 442. The van der Waals surface area contributed by atoms with Crippen molar-refractivity contribution in [2.75, 3.05) is 13.1 Å². The number of hydrogen-bond donors (Lipinski definition) is 1. The SMILES string of the molecule is c1cc(C2CCNC2)n2ccnc2n1. The fourth-order valence-electron chi connectivity index (χ4n) is 2.09. The minimum Gasteiger partial charge on any atom is -0.316 e. The molecule has 0 aromatic carbocycles. The molecule has 1 unspecified atom stereocenters. The fourth-order valence-corrected chi connectivity index (χ4v) is 2.09. The minimum absolute atomic E-state index is 0.606. The summed E-state index contributed by atoms with van der Waals surface area (Å²) in [6.45, 7) is 2.18. The maximum atomic E-state index is 4.20. The number of nitrogens with one attached hydrogen (secondary N) is 1. The van der Waals surface area contributed by atoms with Crippen LogP contribution in [0.15, 0.2) is 24.7 Å². The van der Waals surface area contributed by atoms with Crippen LogP contribution in [0.1, 0.15) is 18.0 Å². The zero-order valence-electron chi connectivity index (χ0n) is 7.85. The van der Waals surface area contributed by atoms with Crippen molar-refractivity contribution in [3.8, 4) is 0 Å². The van der Waals surface area contributed by atoms with E-state index >= 15 is 0 Å². The van der Waals surface area contributed by atoms with Gasteiger partial charge in [0.1, 0.15) is 0 Å². The quantitative estimate of drug-likeness (QED) is 0.720. The van der Waals surface area contributed by atoms with Gasteiger partial charge < -0.3 is 5.32 Å². The number of imidazole rings is 1. The highest BCUT2D eigenvalue weighted by Gasteiger charge is 2.18. The van der Waals surface area contributed by atoms with Crippen LogP contribution in [0.2, 0.25) is 0 Å². The van der Waals surface area contributed by atoms with Crippen LogP contribution in [0.5, 0.6) is 0 Å². The number of hydrogen-bond acceptors (Lipinski definition) is 3. The lowest BCUT2D eigenvalue weighted by Crippen LogP contribution is -2.10. The highest BCUT2D eigenvalue weighted by molar-refractivity contribution is 5.31. The molecule has 1 aliphatic rings. The van der Waals surface area contributed by atoms with E-state index in [4.69, 9.17) is 0 Å². The van der Waals surface area contributed by atoms with E-state index in [1.54, 1.807) is 6.20 Å². The van der Waals surface area contributed by atoms with Gasteiger partial charge >= 0.3 is 0 Å². The number of rotatable bonds is 1. The summed E-state index contributed by atoms with van der Waals surface area (Å²) < 4.78 is 2.08. The van der Waals surface area contributed by atoms with Gasteiger partial charge in [-0.25, -0.2) is 9.97 Å². The van der Waals surface area contributed by atoms with Crippen LogP contribution in [0, 0.1) is 0 Å². The van der Waals surface area contributed by atoms with Crippen LogP contribution in [0.25, 0.3) is 5.78 Å². The van der Waals surface area contributed by atoms with Crippen molar-refractivity contribution in [3.05, 3.63) is 30.4 Å². The smallest absolute Gasteiger partial charge is 0.233 e. The molecule has 4 heteroatoms. The Balaban J connectivity index is 2.14. The molecule has 3 heterocycles. The minimum atomic E-state index is 0.606. The number of nitrogens with zero attached hydrogens (tertiary/aromatic N) is 3. The van der Waals surface area contributed by atoms with E-state index in [0.29, 0.717) is 5.92 Å². The first-order chi connectivity index (χ1) is 6.95. The Labute approximate surface area is 82.0 Å². The molecule has 2 aromatic heterocycles. The first-order valence-electron chi connectivity index (χ1n) is 4.94. The molecule has 72 valence electrons. The zero-order valence-corrected chi connectivity index (χ0v) is 7.85. The van der Waals surface area contributed by atoms with E-state index < -0.39 is 0 Å². The van der Waals surface area contributed by atoms with Crippen molar-refractivity contribution in [1.82, 2.24) is 19.7 Å². The van der Waals surface area contributed by atoms with Gasteiger partial charge in [0.15, 0.2) is 0 Å². The summed E-state index contributed by atoms with van der Waals surface area (Å²) in [6.07, 6.45) is 6.83. The molecule has 0 amide bonds. The third-order valence-electron chi connectivity index (χ3n) is 2.81. The highest BCUT2D eigenvalue weighted by atomic mass is 15.1. The van der Waals surface area contributed by atoms with Crippen LogP contribution in [0.3, 0.4) is 0 Å². The first-order valence-corrected chi connectivity index (χ1v) is 4.94. The molecule has 0 radical (unpaired) electrons. The summed E-state index contributed by atoms with van der Waals surface area (Å²) in [7, 11) is 0. The second-order valence-corrected chi connectivity index (χ2v) is 3.66. The fraction of sp³-hybridized carbons (Fsp3) is 0.400. The lowest BCUT2D eigenvalue weighted by atomic mass is 10.0. The summed E-state index contributed by atoms with van der Waals surface area (Å²) in [4.78, 5) is 8.39. The zero-order chi connectivity index (χ0) is 9.38. The van der Waals surface area contributed by atoms with Gasteiger partial charge in [0.05, 0.1) is 0 Å². The lowest BCUT2D eigenvalue weighted by Gasteiger charge is -2.10. The van der Waals surface area contributed by atoms with Gasteiger partial charge in [0.25, 0.3) is 0 Å². The highest BCUT2D eigenvalue weighted by Crippen LogP contribution is 2.21. The summed E-state index contributed by atoms with van der Waals surface area (Å²) in [6, 6.07) is 2.09. The van der Waals surface area contributed by atoms with Crippen LogP contribution < -0.4 is 5.32 Å². The first kappa shape index (κ1) is 7.94. The predicted octanol–water partition coefficient (Wildman–Crippen LogP) is 0.806. The van der Waals surface area contributed by atoms with Crippen LogP contribution in [-0.4, -0.2) is 27.5 Å². The van der Waals surface area contributed by atoms with Crippen LogP contribution in [0.4, 0.5) is 0 Å². The maximum Gasteiger partial charge on any atom is 0.233 e. The van der Waals surface area contributed by atoms with Gasteiger partial charge in [-0.05, 0) is 19.0 Å². The normalized spacial score (nSPS) is 21.9. The number of fused-ring (bicyclic) bond motifs is 1. The van der Waals surface area contributed by atoms with Crippen molar-refractivity contribution in [1.29, 1.82) is 0 Å². The van der Waals surface area contributed by atoms with Crippen LogP contribution in [-0.2, 0) is 0 Å². The molecule has 4 nitrogen and oxygen atoms in total. The Morgan fingerprint density at radius 2 is 2.29 bits per heavy atom. The van der Waals surface area contributed by atoms with E-state index in [1.807, 2.05) is 12.4 Å². The second-order valence-electron chi connectivity index (χ2n) is 3.66.